The molecule has 1 rings (SSSR count). The third-order valence-corrected chi connectivity index (χ3v) is 3.48. The Morgan fingerprint density at radius 3 is 2.68 bits per heavy atom. The van der Waals surface area contributed by atoms with Crippen LogP contribution in [-0.4, -0.2) is 34.6 Å². The minimum Gasteiger partial charge on any atom is -0.455 e. The number of methoxy groups -OCH3 is 1. The van der Waals surface area contributed by atoms with Crippen molar-refractivity contribution in [2.45, 2.75) is 24.7 Å². The minimum absolute atomic E-state index is 0.0618. The van der Waals surface area contributed by atoms with Crippen LogP contribution in [0.3, 0.4) is 0 Å². The molecule has 1 aromatic heterocycles. The predicted molar refractivity (Wildman–Crippen MR) is 68.3 cm³/mol. The summed E-state index contributed by atoms with van der Waals surface area (Å²) in [4.78, 5) is 11.5. The Morgan fingerprint density at radius 2 is 2.16 bits per heavy atom. The maximum atomic E-state index is 11.7. The average molecular weight is 290 g/mol. The van der Waals surface area contributed by atoms with Gasteiger partial charge >= 0.3 is 0 Å². The van der Waals surface area contributed by atoms with Crippen LogP contribution in [-0.2, 0) is 14.8 Å². The van der Waals surface area contributed by atoms with Gasteiger partial charge in [-0.15, -0.1) is 0 Å². The number of nitrogens with one attached hydrogen (secondary N) is 1. The molecule has 7 nitrogen and oxygen atoms in total. The molecule has 1 aromatic rings. The zero-order valence-corrected chi connectivity index (χ0v) is 11.7. The van der Waals surface area contributed by atoms with Gasteiger partial charge in [0.25, 0.3) is 5.91 Å². The lowest BCUT2D eigenvalue weighted by Gasteiger charge is -2.02. The fourth-order valence-corrected chi connectivity index (χ4v) is 2.23. The normalized spacial score (nSPS) is 11.5. The van der Waals surface area contributed by atoms with Crippen LogP contribution in [0.2, 0.25) is 0 Å². The van der Waals surface area contributed by atoms with E-state index in [1.807, 2.05) is 0 Å². The smallest absolute Gasteiger partial charge is 0.287 e. The first-order valence-corrected chi connectivity index (χ1v) is 7.31. The molecule has 0 bridgehead atoms. The van der Waals surface area contributed by atoms with Crippen molar-refractivity contribution >= 4 is 15.9 Å². The number of sulfonamides is 1. The summed E-state index contributed by atoms with van der Waals surface area (Å²) < 4.78 is 32.4. The van der Waals surface area contributed by atoms with Crippen LogP contribution in [0.1, 0.15) is 29.2 Å². The lowest BCUT2D eigenvalue weighted by atomic mass is 10.3. The molecular formula is C11H18N2O5S. The van der Waals surface area contributed by atoms with Gasteiger partial charge in [0, 0.05) is 26.3 Å². The zero-order chi connectivity index (χ0) is 14.5. The second kappa shape index (κ2) is 6.69. The number of unbranched alkanes of at least 4 members (excludes halogenated alkanes) is 1. The van der Waals surface area contributed by atoms with Crippen LogP contribution in [0.15, 0.2) is 15.4 Å². The highest BCUT2D eigenvalue weighted by Crippen LogP contribution is 2.18. The van der Waals surface area contributed by atoms with Gasteiger partial charge in [-0.25, -0.2) is 13.6 Å². The molecule has 0 radical (unpaired) electrons. The van der Waals surface area contributed by atoms with E-state index in [0.717, 1.165) is 18.9 Å². The number of rotatable bonds is 7. The maximum Gasteiger partial charge on any atom is 0.287 e. The second-order valence-corrected chi connectivity index (χ2v) is 5.56. The molecule has 0 aliphatic rings. The van der Waals surface area contributed by atoms with E-state index in [1.165, 1.54) is 6.92 Å². The first-order chi connectivity index (χ1) is 8.86. The predicted octanol–water partition coefficient (Wildman–Crippen LogP) is 0.392. The molecule has 0 unspecified atom stereocenters. The number of hydrogen-bond donors (Lipinski definition) is 2. The molecule has 0 atom stereocenters. The van der Waals surface area contributed by atoms with Crippen LogP contribution in [0.25, 0.3) is 0 Å². The topological polar surface area (TPSA) is 112 Å². The molecule has 19 heavy (non-hydrogen) atoms. The second-order valence-electron chi connectivity index (χ2n) is 4.03. The van der Waals surface area contributed by atoms with Gasteiger partial charge in [0.1, 0.15) is 10.7 Å². The Balaban J connectivity index is 2.59. The summed E-state index contributed by atoms with van der Waals surface area (Å²) in [5, 5.41) is 7.62. The lowest BCUT2D eigenvalue weighted by molar-refractivity contribution is 0.0922. The van der Waals surface area contributed by atoms with Gasteiger partial charge in [-0.3, -0.25) is 4.79 Å². The van der Waals surface area contributed by atoms with Crippen molar-refractivity contribution in [1.29, 1.82) is 0 Å². The fourth-order valence-electron chi connectivity index (χ4n) is 1.52. The Morgan fingerprint density at radius 1 is 1.47 bits per heavy atom. The molecule has 1 amide bonds. The van der Waals surface area contributed by atoms with Crippen LogP contribution in [0.4, 0.5) is 0 Å². The van der Waals surface area contributed by atoms with Gasteiger partial charge in [0.2, 0.25) is 10.0 Å². The van der Waals surface area contributed by atoms with Crippen molar-refractivity contribution in [1.82, 2.24) is 5.32 Å². The highest BCUT2D eigenvalue weighted by atomic mass is 32.2. The molecule has 1 heterocycles. The first kappa shape index (κ1) is 15.7. The number of ether oxygens (including phenoxy) is 1. The SMILES string of the molecule is COCCCCNC(=O)c1cc(S(N)(=O)=O)c(C)o1. The van der Waals surface area contributed by atoms with Gasteiger partial charge in [-0.2, -0.15) is 0 Å². The van der Waals surface area contributed by atoms with Gasteiger partial charge in [-0.1, -0.05) is 0 Å². The zero-order valence-electron chi connectivity index (χ0n) is 10.9. The summed E-state index contributed by atoms with van der Waals surface area (Å²) in [6, 6.07) is 1.13. The number of carbonyl (C=O) groups excluding carboxylic acids is 1. The van der Waals surface area contributed by atoms with Crippen LogP contribution in [0, 0.1) is 6.92 Å². The van der Waals surface area contributed by atoms with E-state index in [1.54, 1.807) is 7.11 Å². The molecule has 0 aliphatic heterocycles. The molecule has 0 saturated heterocycles. The number of carbonyl (C=O) groups is 1. The standard InChI is InChI=1S/C11H18N2O5S/c1-8-10(19(12,15)16)7-9(18-8)11(14)13-5-3-4-6-17-2/h7H,3-6H2,1-2H3,(H,13,14)(H2,12,15,16). The molecule has 3 N–H and O–H groups in total. The first-order valence-electron chi connectivity index (χ1n) is 5.76. The number of nitrogens with two attached hydrogens (primary N) is 1. The Kier molecular flexibility index (Phi) is 5.52. The quantitative estimate of drug-likeness (QED) is 0.706. The Bertz CT molecular complexity index is 535. The molecule has 8 heteroatoms. The number of amides is 1. The van der Waals surface area contributed by atoms with Crippen molar-refractivity contribution in [3.63, 3.8) is 0 Å². The molecule has 0 aromatic carbocycles. The van der Waals surface area contributed by atoms with Gasteiger partial charge in [-0.05, 0) is 19.8 Å². The third-order valence-electron chi connectivity index (χ3n) is 2.46. The third kappa shape index (κ3) is 4.66. The summed E-state index contributed by atoms with van der Waals surface area (Å²) in [5.74, 6) is -0.421. The Hall–Kier alpha value is -1.38. The number of primary sulfonamides is 1. The van der Waals surface area contributed by atoms with Crippen molar-refractivity contribution in [3.05, 3.63) is 17.6 Å². The molecule has 0 saturated carbocycles. The minimum atomic E-state index is -3.87. The fraction of sp³-hybridized carbons (Fsp3) is 0.545. The van der Waals surface area contributed by atoms with E-state index in [9.17, 15) is 13.2 Å². The van der Waals surface area contributed by atoms with E-state index >= 15 is 0 Å². The molecule has 0 aliphatic carbocycles. The van der Waals surface area contributed by atoms with E-state index in [0.29, 0.717) is 13.2 Å². The van der Waals surface area contributed by atoms with Crippen LogP contribution in [0.5, 0.6) is 0 Å². The monoisotopic (exact) mass is 290 g/mol. The van der Waals surface area contributed by atoms with Crippen molar-refractivity contribution in [3.8, 4) is 0 Å². The van der Waals surface area contributed by atoms with Crippen LogP contribution >= 0.6 is 0 Å². The summed E-state index contributed by atoms with van der Waals surface area (Å²) in [5.41, 5.74) is 0. The van der Waals surface area contributed by atoms with Gasteiger partial charge in [0.05, 0.1) is 0 Å². The lowest BCUT2D eigenvalue weighted by Crippen LogP contribution is -2.24. The molecule has 0 fully saturated rings. The molecular weight excluding hydrogens is 272 g/mol. The van der Waals surface area contributed by atoms with Gasteiger partial charge < -0.3 is 14.5 Å². The summed E-state index contributed by atoms with van der Waals surface area (Å²) in [6.07, 6.45) is 1.59. The van der Waals surface area contributed by atoms with Gasteiger partial charge in [0.15, 0.2) is 5.76 Å². The van der Waals surface area contributed by atoms with E-state index in [4.69, 9.17) is 14.3 Å². The average Bonchev–Trinajstić information content (AvgIpc) is 2.70. The molecule has 108 valence electrons. The van der Waals surface area contributed by atoms with Crippen molar-refractivity contribution < 1.29 is 22.4 Å². The van der Waals surface area contributed by atoms with Crippen molar-refractivity contribution in [2.75, 3.05) is 20.3 Å². The maximum absolute atomic E-state index is 11.7. The summed E-state index contributed by atoms with van der Waals surface area (Å²) in [6.45, 7) is 2.53. The van der Waals surface area contributed by atoms with E-state index in [-0.39, 0.29) is 16.4 Å². The number of hydrogen-bond acceptors (Lipinski definition) is 5. The highest BCUT2D eigenvalue weighted by molar-refractivity contribution is 7.89. The van der Waals surface area contributed by atoms with Crippen LogP contribution < -0.4 is 10.5 Å². The van der Waals surface area contributed by atoms with E-state index in [2.05, 4.69) is 5.32 Å². The highest BCUT2D eigenvalue weighted by Gasteiger charge is 2.20. The Labute approximate surface area is 112 Å². The van der Waals surface area contributed by atoms with E-state index < -0.39 is 15.9 Å². The number of furan rings is 1. The number of aryl methyl sites for hydroxylation is 1. The largest absolute Gasteiger partial charge is 0.455 e. The summed E-state index contributed by atoms with van der Waals surface area (Å²) >= 11 is 0. The van der Waals surface area contributed by atoms with Crippen molar-refractivity contribution in [2.24, 2.45) is 5.14 Å². The molecule has 0 spiro atoms. The summed E-state index contributed by atoms with van der Waals surface area (Å²) in [7, 11) is -2.26.